The third-order valence-corrected chi connectivity index (χ3v) is 2.08. The van der Waals surface area contributed by atoms with Gasteiger partial charge in [-0.05, 0) is 18.2 Å². The average molecular weight is 257 g/mol. The zero-order valence-electron chi connectivity index (χ0n) is 8.69. The predicted molar refractivity (Wildman–Crippen MR) is 56.2 cm³/mol. The van der Waals surface area contributed by atoms with Crippen LogP contribution < -0.4 is 5.32 Å². The number of halogens is 3. The molecule has 2 rings (SSSR count). The number of alkyl halides is 3. The van der Waals surface area contributed by atoms with Crippen molar-refractivity contribution in [3.05, 3.63) is 30.1 Å². The minimum atomic E-state index is -4.59. The third kappa shape index (κ3) is 2.47. The van der Waals surface area contributed by atoms with Crippen LogP contribution in [0.15, 0.2) is 24.4 Å². The SMILES string of the molecule is O=C(O)Nc1ccc2ncc(C(F)(F)F)nc2c1. The molecule has 2 aromatic rings. The van der Waals surface area contributed by atoms with Crippen LogP contribution >= 0.6 is 0 Å². The van der Waals surface area contributed by atoms with E-state index < -0.39 is 18.0 Å². The maximum absolute atomic E-state index is 12.4. The van der Waals surface area contributed by atoms with Crippen molar-refractivity contribution < 1.29 is 23.1 Å². The highest BCUT2D eigenvalue weighted by molar-refractivity contribution is 5.87. The van der Waals surface area contributed by atoms with Crippen LogP contribution in [0.25, 0.3) is 11.0 Å². The Morgan fingerprint density at radius 1 is 1.28 bits per heavy atom. The largest absolute Gasteiger partial charge is 0.465 e. The summed E-state index contributed by atoms with van der Waals surface area (Å²) >= 11 is 0. The molecule has 0 aliphatic heterocycles. The van der Waals surface area contributed by atoms with E-state index in [1.54, 1.807) is 0 Å². The van der Waals surface area contributed by atoms with E-state index in [4.69, 9.17) is 5.11 Å². The molecule has 1 aromatic heterocycles. The van der Waals surface area contributed by atoms with E-state index in [1.807, 2.05) is 5.32 Å². The molecule has 0 spiro atoms. The van der Waals surface area contributed by atoms with Gasteiger partial charge in [-0.15, -0.1) is 0 Å². The first-order chi connectivity index (χ1) is 8.36. The van der Waals surface area contributed by atoms with Gasteiger partial charge in [-0.2, -0.15) is 13.2 Å². The smallest absolute Gasteiger partial charge is 0.434 e. The molecule has 0 bridgehead atoms. The number of carbonyl (C=O) groups is 1. The normalized spacial score (nSPS) is 11.5. The van der Waals surface area contributed by atoms with Crippen LogP contribution in [0.5, 0.6) is 0 Å². The van der Waals surface area contributed by atoms with Crippen molar-refractivity contribution in [3.8, 4) is 0 Å². The number of carboxylic acid groups (broad SMARTS) is 1. The molecule has 18 heavy (non-hydrogen) atoms. The molecule has 1 amide bonds. The molecule has 2 N–H and O–H groups in total. The lowest BCUT2D eigenvalue weighted by atomic mass is 10.2. The average Bonchev–Trinajstić information content (AvgIpc) is 2.26. The maximum Gasteiger partial charge on any atom is 0.434 e. The summed E-state index contributed by atoms with van der Waals surface area (Å²) in [6, 6.07) is 3.96. The number of nitrogens with zero attached hydrogens (tertiary/aromatic N) is 2. The number of hydrogen-bond acceptors (Lipinski definition) is 3. The molecule has 0 atom stereocenters. The lowest BCUT2D eigenvalue weighted by Crippen LogP contribution is -2.09. The van der Waals surface area contributed by atoms with Gasteiger partial charge in [0.25, 0.3) is 0 Å². The fraction of sp³-hybridized carbons (Fsp3) is 0.100. The molecule has 0 unspecified atom stereocenters. The third-order valence-electron chi connectivity index (χ3n) is 2.08. The molecule has 1 heterocycles. The van der Waals surface area contributed by atoms with Gasteiger partial charge < -0.3 is 5.11 Å². The van der Waals surface area contributed by atoms with Crippen molar-refractivity contribution in [2.45, 2.75) is 6.18 Å². The summed E-state index contributed by atoms with van der Waals surface area (Å²) < 4.78 is 37.2. The second kappa shape index (κ2) is 4.13. The van der Waals surface area contributed by atoms with Gasteiger partial charge in [-0.1, -0.05) is 0 Å². The number of hydrogen-bond donors (Lipinski definition) is 2. The maximum atomic E-state index is 12.4. The minimum absolute atomic E-state index is 0.0314. The number of nitrogens with one attached hydrogen (secondary N) is 1. The van der Waals surface area contributed by atoms with Gasteiger partial charge in [0.2, 0.25) is 0 Å². The lowest BCUT2D eigenvalue weighted by molar-refractivity contribution is -0.141. The van der Waals surface area contributed by atoms with Crippen LogP contribution in [-0.4, -0.2) is 21.2 Å². The number of amides is 1. The van der Waals surface area contributed by atoms with E-state index in [-0.39, 0.29) is 16.7 Å². The standard InChI is InChI=1S/C10H6F3N3O2/c11-10(12,13)8-4-14-6-2-1-5(15-9(17)18)3-7(6)16-8/h1-4,15H,(H,17,18). The highest BCUT2D eigenvalue weighted by Crippen LogP contribution is 2.28. The molecule has 0 fully saturated rings. The molecular weight excluding hydrogens is 251 g/mol. The number of fused-ring (bicyclic) bond motifs is 1. The number of benzene rings is 1. The van der Waals surface area contributed by atoms with Gasteiger partial charge in [0.15, 0.2) is 5.69 Å². The van der Waals surface area contributed by atoms with E-state index in [2.05, 4.69) is 9.97 Å². The van der Waals surface area contributed by atoms with E-state index in [0.29, 0.717) is 6.20 Å². The summed E-state index contributed by atoms with van der Waals surface area (Å²) in [5.74, 6) is 0. The summed E-state index contributed by atoms with van der Waals surface area (Å²) in [6.45, 7) is 0. The second-order valence-corrected chi connectivity index (χ2v) is 3.39. The predicted octanol–water partition coefficient (Wildman–Crippen LogP) is 2.74. The van der Waals surface area contributed by atoms with E-state index >= 15 is 0 Å². The Bertz CT molecular complexity index is 613. The zero-order chi connectivity index (χ0) is 13.3. The quantitative estimate of drug-likeness (QED) is 0.823. The van der Waals surface area contributed by atoms with Gasteiger partial charge in [-0.3, -0.25) is 10.3 Å². The molecule has 8 heteroatoms. The number of aromatic nitrogens is 2. The molecule has 0 radical (unpaired) electrons. The van der Waals surface area contributed by atoms with E-state index in [0.717, 1.165) is 0 Å². The van der Waals surface area contributed by atoms with Crippen LogP contribution in [0, 0.1) is 0 Å². The van der Waals surface area contributed by atoms with Crippen LogP contribution in [0.2, 0.25) is 0 Å². The van der Waals surface area contributed by atoms with Crippen molar-refractivity contribution in [3.63, 3.8) is 0 Å². The Kier molecular flexibility index (Phi) is 2.77. The summed E-state index contributed by atoms with van der Waals surface area (Å²) in [6.07, 6.45) is -5.27. The van der Waals surface area contributed by atoms with Gasteiger partial charge in [0.1, 0.15) is 0 Å². The van der Waals surface area contributed by atoms with Gasteiger partial charge in [-0.25, -0.2) is 9.78 Å². The molecule has 94 valence electrons. The fourth-order valence-electron chi connectivity index (χ4n) is 1.35. The Labute approximate surface area is 98.3 Å². The van der Waals surface area contributed by atoms with Crippen LogP contribution in [-0.2, 0) is 6.18 Å². The monoisotopic (exact) mass is 257 g/mol. The van der Waals surface area contributed by atoms with Gasteiger partial charge in [0, 0.05) is 5.69 Å². The van der Waals surface area contributed by atoms with Crippen LogP contribution in [0.3, 0.4) is 0 Å². The Morgan fingerprint density at radius 3 is 2.61 bits per heavy atom. The first-order valence-electron chi connectivity index (χ1n) is 4.70. The second-order valence-electron chi connectivity index (χ2n) is 3.39. The van der Waals surface area contributed by atoms with Crippen LogP contribution in [0.4, 0.5) is 23.7 Å². The first-order valence-corrected chi connectivity index (χ1v) is 4.70. The Balaban J connectivity index is 2.50. The van der Waals surface area contributed by atoms with Crippen molar-refractivity contribution in [1.29, 1.82) is 0 Å². The highest BCUT2D eigenvalue weighted by atomic mass is 19.4. The number of rotatable bonds is 1. The van der Waals surface area contributed by atoms with Crippen molar-refractivity contribution in [1.82, 2.24) is 9.97 Å². The summed E-state index contributed by atoms with van der Waals surface area (Å²) in [5, 5.41) is 10.5. The molecule has 0 saturated heterocycles. The van der Waals surface area contributed by atoms with Crippen molar-refractivity contribution in [2.75, 3.05) is 5.32 Å². The lowest BCUT2D eigenvalue weighted by Gasteiger charge is -2.07. The Morgan fingerprint density at radius 2 is 2.00 bits per heavy atom. The fourth-order valence-corrected chi connectivity index (χ4v) is 1.35. The van der Waals surface area contributed by atoms with Gasteiger partial charge >= 0.3 is 12.3 Å². The highest BCUT2D eigenvalue weighted by Gasteiger charge is 2.33. The molecule has 0 aliphatic rings. The molecular formula is C10H6F3N3O2. The summed E-state index contributed by atoms with van der Waals surface area (Å²) in [5.41, 5.74) is -0.777. The van der Waals surface area contributed by atoms with E-state index in [1.165, 1.54) is 18.2 Å². The van der Waals surface area contributed by atoms with Gasteiger partial charge in [0.05, 0.1) is 17.2 Å². The molecule has 5 nitrogen and oxygen atoms in total. The molecule has 0 saturated carbocycles. The first kappa shape index (κ1) is 12.1. The van der Waals surface area contributed by atoms with Crippen molar-refractivity contribution in [2.24, 2.45) is 0 Å². The summed E-state index contributed by atoms with van der Waals surface area (Å²) in [7, 11) is 0. The van der Waals surface area contributed by atoms with Crippen LogP contribution in [0.1, 0.15) is 5.69 Å². The zero-order valence-corrected chi connectivity index (χ0v) is 8.69. The number of anilines is 1. The minimum Gasteiger partial charge on any atom is -0.465 e. The summed E-state index contributed by atoms with van der Waals surface area (Å²) in [4.78, 5) is 17.4. The van der Waals surface area contributed by atoms with E-state index in [9.17, 15) is 18.0 Å². The molecule has 0 aliphatic carbocycles. The topological polar surface area (TPSA) is 75.1 Å². The Hall–Kier alpha value is -2.38. The molecule has 1 aromatic carbocycles. The van der Waals surface area contributed by atoms with Crippen molar-refractivity contribution >= 4 is 22.8 Å².